The van der Waals surface area contributed by atoms with E-state index >= 15 is 0 Å². The maximum atomic E-state index is 11.8. The van der Waals surface area contributed by atoms with Gasteiger partial charge >= 0.3 is 0 Å². The van der Waals surface area contributed by atoms with Gasteiger partial charge in [0.1, 0.15) is 6.04 Å². The largest absolute Gasteiger partial charge is 0.340 e. The van der Waals surface area contributed by atoms with Crippen LogP contribution in [0.25, 0.3) is 0 Å². The average molecular weight is 341 g/mol. The Kier molecular flexibility index (Phi) is 19.6. The lowest BCUT2D eigenvalue weighted by Gasteiger charge is -2.21. The monoisotopic (exact) mass is 340 g/mol. The maximum Gasteiger partial charge on any atom is 0.249 e. The molecule has 0 aromatic heterocycles. The molecule has 1 atom stereocenters. The lowest BCUT2D eigenvalue weighted by Crippen LogP contribution is -2.52. The van der Waals surface area contributed by atoms with Crippen LogP contribution < -0.4 is 10.6 Å². The summed E-state index contributed by atoms with van der Waals surface area (Å²) in [6, 6.07) is -0.620. The fourth-order valence-corrected chi connectivity index (χ4v) is 1.47. The number of rotatable bonds is 3. The minimum absolute atomic E-state index is 0.257. The van der Waals surface area contributed by atoms with Gasteiger partial charge in [-0.15, -0.1) is 0 Å². The number of carbonyl (C=O) groups excluding carboxylic acids is 3. The van der Waals surface area contributed by atoms with Crippen molar-refractivity contribution in [1.29, 1.82) is 0 Å². The molecule has 1 heterocycles. The Hall–Kier alpha value is -1.91. The second-order valence-electron chi connectivity index (χ2n) is 4.57. The Morgan fingerprint density at radius 1 is 1.00 bits per heavy atom. The number of amides is 3. The zero-order valence-corrected chi connectivity index (χ0v) is 16.9. The van der Waals surface area contributed by atoms with E-state index in [1.807, 2.05) is 61.5 Å². The molecule has 1 saturated heterocycles. The van der Waals surface area contributed by atoms with Crippen LogP contribution in [0.15, 0.2) is 23.3 Å². The van der Waals surface area contributed by atoms with Crippen molar-refractivity contribution in [3.8, 4) is 0 Å². The van der Waals surface area contributed by atoms with E-state index in [4.69, 9.17) is 0 Å². The van der Waals surface area contributed by atoms with E-state index < -0.39 is 11.9 Å². The summed E-state index contributed by atoms with van der Waals surface area (Å²) in [6.45, 7) is 17.5. The Morgan fingerprint density at radius 2 is 1.50 bits per heavy atom. The van der Waals surface area contributed by atoms with Crippen LogP contribution in [-0.2, 0) is 14.4 Å². The summed E-state index contributed by atoms with van der Waals surface area (Å²) in [7, 11) is 0. The molecule has 0 aromatic carbocycles. The minimum atomic E-state index is -0.620. The van der Waals surface area contributed by atoms with E-state index in [9.17, 15) is 14.4 Å². The number of piperidine rings is 1. The van der Waals surface area contributed by atoms with Gasteiger partial charge in [-0.2, -0.15) is 0 Å². The Labute approximate surface area is 148 Å². The quantitative estimate of drug-likeness (QED) is 0.465. The van der Waals surface area contributed by atoms with Crippen LogP contribution in [0.2, 0.25) is 0 Å². The third-order valence-electron chi connectivity index (χ3n) is 2.57. The number of allylic oxidation sites excluding steroid dienone is 3. The van der Waals surface area contributed by atoms with Crippen LogP contribution in [0.4, 0.5) is 0 Å². The Balaban J connectivity index is -0.000000659. The molecular weight excluding hydrogens is 304 g/mol. The Morgan fingerprint density at radius 3 is 1.92 bits per heavy atom. The predicted octanol–water partition coefficient (Wildman–Crippen LogP) is 3.90. The SMILES string of the molecule is CC.CC.CC.CC(C)=C/C=C(\C)C(=O)NC1CCC(=O)NC1=O. The van der Waals surface area contributed by atoms with Crippen molar-refractivity contribution in [3.63, 3.8) is 0 Å². The number of nitrogens with one attached hydrogen (secondary N) is 2. The zero-order valence-electron chi connectivity index (χ0n) is 16.9. The van der Waals surface area contributed by atoms with E-state index in [1.165, 1.54) is 0 Å². The molecule has 1 aliphatic rings. The van der Waals surface area contributed by atoms with Gasteiger partial charge in [0.05, 0.1) is 0 Å². The maximum absolute atomic E-state index is 11.8. The highest BCUT2D eigenvalue weighted by atomic mass is 16.2. The fraction of sp³-hybridized carbons (Fsp3) is 0.632. The number of carbonyl (C=O) groups is 3. The standard InChI is InChI=1S/C13H18N2O3.3C2H6/c1-8(2)4-5-9(3)12(17)14-10-6-7-11(16)15-13(10)18;3*1-2/h4-5,10H,6-7H2,1-3H3,(H,14,17)(H,15,16,18);3*1-2H3/b9-5+;;;. The van der Waals surface area contributed by atoms with Gasteiger partial charge in [0.25, 0.3) is 0 Å². The summed E-state index contributed by atoms with van der Waals surface area (Å²) >= 11 is 0. The predicted molar refractivity (Wildman–Crippen MR) is 102 cm³/mol. The van der Waals surface area contributed by atoms with Crippen molar-refractivity contribution < 1.29 is 14.4 Å². The molecular formula is C19H36N2O3. The summed E-state index contributed by atoms with van der Waals surface area (Å²) < 4.78 is 0. The summed E-state index contributed by atoms with van der Waals surface area (Å²) in [5.74, 6) is -1.01. The summed E-state index contributed by atoms with van der Waals surface area (Å²) in [6.07, 6.45) is 4.15. The molecule has 1 rings (SSSR count). The summed E-state index contributed by atoms with van der Waals surface area (Å²) in [5, 5.41) is 4.81. The first-order valence-corrected chi connectivity index (χ1v) is 8.86. The van der Waals surface area contributed by atoms with E-state index in [2.05, 4.69) is 10.6 Å². The van der Waals surface area contributed by atoms with Crippen molar-refractivity contribution in [1.82, 2.24) is 10.6 Å². The molecule has 1 unspecified atom stereocenters. The molecule has 140 valence electrons. The van der Waals surface area contributed by atoms with Gasteiger partial charge < -0.3 is 5.32 Å². The van der Waals surface area contributed by atoms with Crippen molar-refractivity contribution in [2.75, 3.05) is 0 Å². The van der Waals surface area contributed by atoms with Gasteiger partial charge in [-0.05, 0) is 27.2 Å². The summed E-state index contributed by atoms with van der Waals surface area (Å²) in [5.41, 5.74) is 1.61. The molecule has 0 aliphatic carbocycles. The first-order valence-electron chi connectivity index (χ1n) is 8.86. The van der Waals surface area contributed by atoms with Gasteiger partial charge in [0.2, 0.25) is 17.7 Å². The van der Waals surface area contributed by atoms with Gasteiger partial charge in [-0.25, -0.2) is 0 Å². The second-order valence-corrected chi connectivity index (χ2v) is 4.57. The fourth-order valence-electron chi connectivity index (χ4n) is 1.47. The molecule has 5 heteroatoms. The van der Waals surface area contributed by atoms with Crippen molar-refractivity contribution in [2.45, 2.75) is 81.2 Å². The molecule has 2 N–H and O–H groups in total. The van der Waals surface area contributed by atoms with Crippen LogP contribution in [-0.4, -0.2) is 23.8 Å². The first-order chi connectivity index (χ1) is 11.4. The molecule has 1 aliphatic heterocycles. The van der Waals surface area contributed by atoms with Crippen LogP contribution in [0.5, 0.6) is 0 Å². The molecule has 0 spiro atoms. The topological polar surface area (TPSA) is 75.3 Å². The highest BCUT2D eigenvalue weighted by Gasteiger charge is 2.27. The van der Waals surface area contributed by atoms with E-state index in [0.29, 0.717) is 12.0 Å². The van der Waals surface area contributed by atoms with Gasteiger partial charge in [0.15, 0.2) is 0 Å². The molecule has 0 radical (unpaired) electrons. The zero-order chi connectivity index (χ0) is 19.7. The third-order valence-corrected chi connectivity index (χ3v) is 2.57. The van der Waals surface area contributed by atoms with Crippen molar-refractivity contribution in [2.24, 2.45) is 0 Å². The summed E-state index contributed by atoms with van der Waals surface area (Å²) in [4.78, 5) is 34.2. The van der Waals surface area contributed by atoms with Gasteiger partial charge in [-0.3, -0.25) is 19.7 Å². The molecule has 5 nitrogen and oxygen atoms in total. The van der Waals surface area contributed by atoms with Crippen molar-refractivity contribution in [3.05, 3.63) is 23.3 Å². The van der Waals surface area contributed by atoms with Crippen LogP contribution in [0.1, 0.15) is 75.2 Å². The smallest absolute Gasteiger partial charge is 0.249 e. The lowest BCUT2D eigenvalue weighted by molar-refractivity contribution is -0.136. The van der Waals surface area contributed by atoms with Gasteiger partial charge in [-0.1, -0.05) is 59.3 Å². The molecule has 1 fully saturated rings. The van der Waals surface area contributed by atoms with Crippen LogP contribution >= 0.6 is 0 Å². The average Bonchev–Trinajstić information content (AvgIpc) is 2.60. The van der Waals surface area contributed by atoms with E-state index in [1.54, 1.807) is 13.0 Å². The molecule has 0 aromatic rings. The third kappa shape index (κ3) is 12.6. The highest BCUT2D eigenvalue weighted by molar-refractivity contribution is 6.03. The van der Waals surface area contributed by atoms with E-state index in [0.717, 1.165) is 5.57 Å². The first kappa shape index (κ1) is 27.0. The van der Waals surface area contributed by atoms with Crippen LogP contribution in [0, 0.1) is 0 Å². The molecule has 0 saturated carbocycles. The highest BCUT2D eigenvalue weighted by Crippen LogP contribution is 2.06. The molecule has 3 amide bonds. The number of hydrogen-bond acceptors (Lipinski definition) is 3. The normalized spacial score (nSPS) is 15.9. The molecule has 24 heavy (non-hydrogen) atoms. The molecule has 0 bridgehead atoms. The van der Waals surface area contributed by atoms with Gasteiger partial charge in [0, 0.05) is 12.0 Å². The second kappa shape index (κ2) is 17.4. The lowest BCUT2D eigenvalue weighted by atomic mass is 10.1. The van der Waals surface area contributed by atoms with Crippen LogP contribution in [0.3, 0.4) is 0 Å². The van der Waals surface area contributed by atoms with Crippen molar-refractivity contribution >= 4 is 17.7 Å². The Bertz CT molecular complexity index is 434. The number of hydrogen-bond donors (Lipinski definition) is 2. The van der Waals surface area contributed by atoms with E-state index in [-0.39, 0.29) is 18.2 Å². The minimum Gasteiger partial charge on any atom is -0.340 e. The number of imide groups is 1.